The standard InChI is InChI=1S/C13H16O5/c1-9(14)17-8-13(18-10(2)15)11-6-4-5-7-12(11)16-3/h4-7,13H,8H2,1-3H3/t13-/m1/s1. The third-order valence-electron chi connectivity index (χ3n) is 2.23. The normalized spacial score (nSPS) is 11.5. The number of carbonyl (C=O) groups excluding carboxylic acids is 2. The average Bonchev–Trinajstić information content (AvgIpc) is 2.33. The van der Waals surface area contributed by atoms with Crippen molar-refractivity contribution >= 4 is 11.9 Å². The Morgan fingerprint density at radius 2 is 1.83 bits per heavy atom. The van der Waals surface area contributed by atoms with E-state index in [-0.39, 0.29) is 6.61 Å². The highest BCUT2D eigenvalue weighted by Crippen LogP contribution is 2.27. The van der Waals surface area contributed by atoms with Crippen LogP contribution >= 0.6 is 0 Å². The summed E-state index contributed by atoms with van der Waals surface area (Å²) in [5.41, 5.74) is 0.663. The number of carbonyl (C=O) groups is 2. The summed E-state index contributed by atoms with van der Waals surface area (Å²) < 4.78 is 15.2. The van der Waals surface area contributed by atoms with E-state index in [1.165, 1.54) is 21.0 Å². The van der Waals surface area contributed by atoms with Crippen LogP contribution in [0, 0.1) is 0 Å². The van der Waals surface area contributed by atoms with Gasteiger partial charge >= 0.3 is 11.9 Å². The third-order valence-corrected chi connectivity index (χ3v) is 2.23. The minimum Gasteiger partial charge on any atom is -0.496 e. The second-order valence-corrected chi connectivity index (χ2v) is 3.64. The summed E-state index contributed by atoms with van der Waals surface area (Å²) in [6.07, 6.45) is -0.664. The molecule has 0 fully saturated rings. The first kappa shape index (κ1) is 14.0. The molecule has 0 spiro atoms. The molecule has 0 saturated carbocycles. The summed E-state index contributed by atoms with van der Waals surface area (Å²) in [7, 11) is 1.52. The first-order valence-corrected chi connectivity index (χ1v) is 5.48. The Labute approximate surface area is 106 Å². The molecule has 0 aliphatic heterocycles. The molecule has 5 nitrogen and oxygen atoms in total. The molecule has 0 aliphatic rings. The summed E-state index contributed by atoms with van der Waals surface area (Å²) in [5.74, 6) is -0.295. The van der Waals surface area contributed by atoms with Gasteiger partial charge in [-0.2, -0.15) is 0 Å². The van der Waals surface area contributed by atoms with Crippen LogP contribution in [0.1, 0.15) is 25.5 Å². The molecule has 0 amide bonds. The molecule has 0 heterocycles. The van der Waals surface area contributed by atoms with E-state index in [1.807, 2.05) is 0 Å². The van der Waals surface area contributed by atoms with Crippen molar-refractivity contribution in [1.82, 2.24) is 0 Å². The van der Waals surface area contributed by atoms with E-state index in [4.69, 9.17) is 14.2 Å². The summed E-state index contributed by atoms with van der Waals surface area (Å²) in [4.78, 5) is 21.9. The smallest absolute Gasteiger partial charge is 0.303 e. The molecule has 0 bridgehead atoms. The summed E-state index contributed by atoms with van der Waals surface area (Å²) in [5, 5.41) is 0. The Balaban J connectivity index is 2.92. The molecule has 18 heavy (non-hydrogen) atoms. The van der Waals surface area contributed by atoms with E-state index in [9.17, 15) is 9.59 Å². The predicted molar refractivity (Wildman–Crippen MR) is 64.1 cm³/mol. The van der Waals surface area contributed by atoms with Crippen molar-refractivity contribution < 1.29 is 23.8 Å². The minimum atomic E-state index is -0.664. The van der Waals surface area contributed by atoms with Crippen LogP contribution in [0.2, 0.25) is 0 Å². The summed E-state index contributed by atoms with van der Waals surface area (Å²) >= 11 is 0. The molecule has 0 saturated heterocycles. The molecule has 0 N–H and O–H groups in total. The zero-order valence-electron chi connectivity index (χ0n) is 10.6. The molecular weight excluding hydrogens is 236 g/mol. The van der Waals surface area contributed by atoms with Crippen LogP contribution in [0.4, 0.5) is 0 Å². The Bertz CT molecular complexity index is 427. The van der Waals surface area contributed by atoms with Gasteiger partial charge in [0.05, 0.1) is 7.11 Å². The van der Waals surface area contributed by atoms with Gasteiger partial charge in [0.1, 0.15) is 12.4 Å². The maximum absolute atomic E-state index is 11.1. The van der Waals surface area contributed by atoms with Crippen LogP contribution in [-0.2, 0) is 19.1 Å². The topological polar surface area (TPSA) is 61.8 Å². The van der Waals surface area contributed by atoms with Gasteiger partial charge in [-0.15, -0.1) is 0 Å². The number of hydrogen-bond acceptors (Lipinski definition) is 5. The van der Waals surface area contributed by atoms with Gasteiger partial charge in [-0.3, -0.25) is 9.59 Å². The van der Waals surface area contributed by atoms with Gasteiger partial charge in [-0.1, -0.05) is 18.2 Å². The van der Waals surface area contributed by atoms with Crippen LogP contribution in [-0.4, -0.2) is 25.7 Å². The minimum absolute atomic E-state index is 0.0325. The fraction of sp³-hybridized carbons (Fsp3) is 0.385. The van der Waals surface area contributed by atoms with Crippen molar-refractivity contribution in [2.75, 3.05) is 13.7 Å². The van der Waals surface area contributed by atoms with E-state index in [1.54, 1.807) is 24.3 Å². The van der Waals surface area contributed by atoms with Crippen molar-refractivity contribution in [1.29, 1.82) is 0 Å². The van der Waals surface area contributed by atoms with Crippen molar-refractivity contribution in [3.8, 4) is 5.75 Å². The predicted octanol–water partition coefficient (Wildman–Crippen LogP) is 1.86. The van der Waals surface area contributed by atoms with Crippen LogP contribution < -0.4 is 4.74 Å². The highest BCUT2D eigenvalue weighted by atomic mass is 16.6. The number of benzene rings is 1. The average molecular weight is 252 g/mol. The second-order valence-electron chi connectivity index (χ2n) is 3.64. The highest BCUT2D eigenvalue weighted by Gasteiger charge is 2.20. The Morgan fingerprint density at radius 3 is 2.39 bits per heavy atom. The Morgan fingerprint density at radius 1 is 1.17 bits per heavy atom. The number of methoxy groups -OCH3 is 1. The Kier molecular flexibility index (Phi) is 5.17. The van der Waals surface area contributed by atoms with E-state index in [0.717, 1.165) is 0 Å². The maximum Gasteiger partial charge on any atom is 0.303 e. The molecule has 0 unspecified atom stereocenters. The SMILES string of the molecule is COc1ccccc1[C@@H](COC(C)=O)OC(C)=O. The van der Waals surface area contributed by atoms with E-state index >= 15 is 0 Å². The Hall–Kier alpha value is -2.04. The zero-order valence-corrected chi connectivity index (χ0v) is 10.6. The van der Waals surface area contributed by atoms with Gasteiger partial charge < -0.3 is 14.2 Å². The van der Waals surface area contributed by atoms with Crippen LogP contribution in [0.5, 0.6) is 5.75 Å². The highest BCUT2D eigenvalue weighted by molar-refractivity contribution is 5.67. The van der Waals surface area contributed by atoms with Crippen LogP contribution in [0.15, 0.2) is 24.3 Å². The number of rotatable bonds is 5. The lowest BCUT2D eigenvalue weighted by Gasteiger charge is -2.19. The first-order chi connectivity index (χ1) is 8.54. The number of ether oxygens (including phenoxy) is 3. The van der Waals surface area contributed by atoms with Crippen molar-refractivity contribution in [2.45, 2.75) is 20.0 Å². The number of esters is 2. The molecule has 1 atom stereocenters. The second kappa shape index (κ2) is 6.64. The quantitative estimate of drug-likeness (QED) is 0.748. The fourth-order valence-corrected chi connectivity index (χ4v) is 1.51. The maximum atomic E-state index is 11.1. The lowest BCUT2D eigenvalue weighted by atomic mass is 10.1. The molecular formula is C13H16O5. The molecule has 5 heteroatoms. The van der Waals surface area contributed by atoms with Gasteiger partial charge in [-0.05, 0) is 6.07 Å². The number of para-hydroxylation sites is 1. The molecule has 1 aromatic carbocycles. The number of hydrogen-bond donors (Lipinski definition) is 0. The molecule has 1 rings (SSSR count). The van der Waals surface area contributed by atoms with Crippen molar-refractivity contribution in [2.24, 2.45) is 0 Å². The van der Waals surface area contributed by atoms with Gasteiger partial charge in [0.25, 0.3) is 0 Å². The largest absolute Gasteiger partial charge is 0.496 e. The summed E-state index contributed by atoms with van der Waals surface area (Å²) in [6, 6.07) is 7.11. The fourth-order valence-electron chi connectivity index (χ4n) is 1.51. The van der Waals surface area contributed by atoms with E-state index in [0.29, 0.717) is 11.3 Å². The van der Waals surface area contributed by atoms with Gasteiger partial charge in [0.2, 0.25) is 0 Å². The summed E-state index contributed by atoms with van der Waals surface area (Å²) in [6.45, 7) is 2.57. The lowest BCUT2D eigenvalue weighted by Crippen LogP contribution is -2.17. The van der Waals surface area contributed by atoms with Crippen molar-refractivity contribution in [3.63, 3.8) is 0 Å². The van der Waals surface area contributed by atoms with E-state index < -0.39 is 18.0 Å². The molecule has 1 aromatic rings. The van der Waals surface area contributed by atoms with Gasteiger partial charge in [-0.25, -0.2) is 0 Å². The third kappa shape index (κ3) is 4.08. The van der Waals surface area contributed by atoms with Gasteiger partial charge in [0.15, 0.2) is 6.10 Å². The monoisotopic (exact) mass is 252 g/mol. The van der Waals surface area contributed by atoms with Gasteiger partial charge in [0, 0.05) is 19.4 Å². The first-order valence-electron chi connectivity index (χ1n) is 5.48. The lowest BCUT2D eigenvalue weighted by molar-refractivity contribution is -0.156. The molecule has 0 radical (unpaired) electrons. The van der Waals surface area contributed by atoms with Crippen molar-refractivity contribution in [3.05, 3.63) is 29.8 Å². The zero-order chi connectivity index (χ0) is 13.5. The molecule has 0 aromatic heterocycles. The molecule has 0 aliphatic carbocycles. The van der Waals surface area contributed by atoms with Crippen LogP contribution in [0.25, 0.3) is 0 Å². The van der Waals surface area contributed by atoms with Crippen LogP contribution in [0.3, 0.4) is 0 Å². The van der Waals surface area contributed by atoms with E-state index in [2.05, 4.69) is 0 Å². The molecule has 98 valence electrons.